The lowest BCUT2D eigenvalue weighted by atomic mass is 10.3. The number of carbonyl (C=O) groups excluding carboxylic acids is 1. The molecule has 0 heterocycles. The molecule has 0 saturated carbocycles. The van der Waals surface area contributed by atoms with E-state index in [-0.39, 0.29) is 12.3 Å². The van der Waals surface area contributed by atoms with E-state index in [2.05, 4.69) is 10.6 Å². The van der Waals surface area contributed by atoms with Crippen LogP contribution >= 0.6 is 11.6 Å². The fourth-order valence-corrected chi connectivity index (χ4v) is 3.14. The zero-order valence-corrected chi connectivity index (χ0v) is 14.6. The molecule has 2 rings (SSSR count). The van der Waals surface area contributed by atoms with E-state index in [1.54, 1.807) is 48.5 Å². The fourth-order valence-electron chi connectivity index (χ4n) is 1.94. The van der Waals surface area contributed by atoms with Gasteiger partial charge in [0.05, 0.1) is 11.4 Å². The minimum absolute atomic E-state index is 0.00106. The summed E-state index contributed by atoms with van der Waals surface area (Å²) in [6.07, 6.45) is 0. The van der Waals surface area contributed by atoms with E-state index in [0.29, 0.717) is 16.4 Å². The van der Waals surface area contributed by atoms with Crippen LogP contribution in [0, 0.1) is 0 Å². The molecule has 0 fully saturated rings. The topological polar surface area (TPSA) is 78.5 Å². The van der Waals surface area contributed by atoms with Crippen molar-refractivity contribution in [1.82, 2.24) is 5.32 Å². The summed E-state index contributed by atoms with van der Waals surface area (Å²) in [7, 11) is -2.03. The summed E-state index contributed by atoms with van der Waals surface area (Å²) in [5.74, 6) is -0.202. The third-order valence-electron chi connectivity index (χ3n) is 3.28. The second-order valence-electron chi connectivity index (χ2n) is 5.01. The first kappa shape index (κ1) is 18.1. The number of sulfonamides is 1. The number of para-hydroxylation sites is 1. The van der Waals surface area contributed by atoms with Gasteiger partial charge in [-0.15, -0.1) is 0 Å². The molecule has 128 valence electrons. The molecular weight excluding hydrogens is 350 g/mol. The number of carbonyl (C=O) groups is 1. The Morgan fingerprint density at radius 1 is 1.08 bits per heavy atom. The van der Waals surface area contributed by atoms with Crippen LogP contribution in [-0.2, 0) is 10.0 Å². The number of benzene rings is 2. The highest BCUT2D eigenvalue weighted by Crippen LogP contribution is 2.15. The van der Waals surface area contributed by atoms with Crippen molar-refractivity contribution in [2.45, 2.75) is 0 Å². The van der Waals surface area contributed by atoms with Crippen molar-refractivity contribution in [2.24, 2.45) is 0 Å². The normalized spacial score (nSPS) is 10.9. The lowest BCUT2D eigenvalue weighted by Crippen LogP contribution is -2.37. The minimum Gasteiger partial charge on any atom is -0.337 e. The van der Waals surface area contributed by atoms with Crippen molar-refractivity contribution < 1.29 is 13.2 Å². The van der Waals surface area contributed by atoms with Crippen molar-refractivity contribution in [3.05, 3.63) is 59.6 Å². The third kappa shape index (κ3) is 5.14. The molecule has 0 unspecified atom stereocenters. The van der Waals surface area contributed by atoms with Crippen LogP contribution in [0.25, 0.3) is 0 Å². The van der Waals surface area contributed by atoms with Gasteiger partial charge in [0.2, 0.25) is 10.0 Å². The number of hydrogen-bond donors (Lipinski definition) is 2. The van der Waals surface area contributed by atoms with Crippen molar-refractivity contribution in [1.29, 1.82) is 0 Å². The van der Waals surface area contributed by atoms with Gasteiger partial charge >= 0.3 is 6.03 Å². The Morgan fingerprint density at radius 3 is 2.33 bits per heavy atom. The van der Waals surface area contributed by atoms with Gasteiger partial charge in [-0.3, -0.25) is 4.31 Å². The van der Waals surface area contributed by atoms with Gasteiger partial charge in [0.1, 0.15) is 0 Å². The molecule has 6 nitrogen and oxygen atoms in total. The third-order valence-corrected chi connectivity index (χ3v) is 5.30. The predicted octanol–water partition coefficient (Wildman–Crippen LogP) is 2.93. The summed E-state index contributed by atoms with van der Waals surface area (Å²) in [6, 6.07) is 14.9. The van der Waals surface area contributed by atoms with Gasteiger partial charge in [-0.25, -0.2) is 13.2 Å². The smallest absolute Gasteiger partial charge is 0.319 e. The number of amides is 2. The quantitative estimate of drug-likeness (QED) is 0.823. The molecule has 2 aromatic carbocycles. The molecule has 24 heavy (non-hydrogen) atoms. The number of anilines is 2. The van der Waals surface area contributed by atoms with E-state index in [4.69, 9.17) is 11.6 Å². The van der Waals surface area contributed by atoms with Crippen LogP contribution in [0.2, 0.25) is 5.02 Å². The average molecular weight is 368 g/mol. The molecule has 0 spiro atoms. The van der Waals surface area contributed by atoms with E-state index < -0.39 is 16.1 Å². The van der Waals surface area contributed by atoms with Crippen molar-refractivity contribution in [3.63, 3.8) is 0 Å². The van der Waals surface area contributed by atoms with Crippen LogP contribution in [0.4, 0.5) is 16.2 Å². The monoisotopic (exact) mass is 367 g/mol. The Balaban J connectivity index is 1.84. The summed E-state index contributed by atoms with van der Waals surface area (Å²) in [5, 5.41) is 5.68. The van der Waals surface area contributed by atoms with Crippen molar-refractivity contribution in [2.75, 3.05) is 29.0 Å². The highest BCUT2D eigenvalue weighted by Gasteiger charge is 2.18. The first-order valence-electron chi connectivity index (χ1n) is 7.20. The number of rotatable bonds is 6. The first-order valence-corrected chi connectivity index (χ1v) is 9.19. The molecule has 2 N–H and O–H groups in total. The molecule has 0 atom stereocenters. The number of nitrogens with zero attached hydrogens (tertiary/aromatic N) is 1. The maximum Gasteiger partial charge on any atom is 0.319 e. The Hall–Kier alpha value is -2.25. The van der Waals surface area contributed by atoms with Crippen LogP contribution in [0.5, 0.6) is 0 Å². The SMILES string of the molecule is CN(c1ccccc1)S(=O)(=O)CCNC(=O)Nc1ccc(Cl)cc1. The summed E-state index contributed by atoms with van der Waals surface area (Å²) >= 11 is 5.76. The molecule has 8 heteroatoms. The second-order valence-corrected chi connectivity index (χ2v) is 7.56. The summed E-state index contributed by atoms with van der Waals surface area (Å²) in [5.41, 5.74) is 1.14. The molecule has 0 radical (unpaired) electrons. The number of halogens is 1. The van der Waals surface area contributed by atoms with E-state index in [9.17, 15) is 13.2 Å². The second kappa shape index (κ2) is 8.03. The number of hydrogen-bond acceptors (Lipinski definition) is 3. The Bertz CT molecular complexity index is 780. The summed E-state index contributed by atoms with van der Waals surface area (Å²) in [4.78, 5) is 11.8. The van der Waals surface area contributed by atoms with Crippen LogP contribution in [0.1, 0.15) is 0 Å². The highest BCUT2D eigenvalue weighted by atomic mass is 35.5. The number of nitrogens with one attached hydrogen (secondary N) is 2. The molecular formula is C16H18ClN3O3S. The average Bonchev–Trinajstić information content (AvgIpc) is 2.57. The summed E-state index contributed by atoms with van der Waals surface area (Å²) < 4.78 is 25.7. The lowest BCUT2D eigenvalue weighted by molar-refractivity contribution is 0.252. The standard InChI is InChI=1S/C16H18ClN3O3S/c1-20(15-5-3-2-4-6-15)24(22,23)12-11-18-16(21)19-14-9-7-13(17)8-10-14/h2-10H,11-12H2,1H3,(H2,18,19,21). The Labute approximate surface area is 146 Å². The maximum atomic E-state index is 12.2. The van der Waals surface area contributed by atoms with Gasteiger partial charge in [-0.1, -0.05) is 29.8 Å². The van der Waals surface area contributed by atoms with E-state index in [1.807, 2.05) is 6.07 Å². The summed E-state index contributed by atoms with van der Waals surface area (Å²) in [6.45, 7) is -0.00106. The molecule has 0 aliphatic heterocycles. The molecule has 2 amide bonds. The van der Waals surface area contributed by atoms with Gasteiger partial charge in [-0.05, 0) is 36.4 Å². The van der Waals surface area contributed by atoms with Gasteiger partial charge in [-0.2, -0.15) is 0 Å². The zero-order chi connectivity index (χ0) is 17.6. The van der Waals surface area contributed by atoms with Crippen molar-refractivity contribution in [3.8, 4) is 0 Å². The van der Waals surface area contributed by atoms with Gasteiger partial charge in [0.15, 0.2) is 0 Å². The molecule has 0 bridgehead atoms. The van der Waals surface area contributed by atoms with E-state index >= 15 is 0 Å². The Kier molecular flexibility index (Phi) is 6.05. The minimum atomic E-state index is -3.51. The van der Waals surface area contributed by atoms with Crippen molar-refractivity contribution >= 4 is 39.0 Å². The Morgan fingerprint density at radius 2 is 1.71 bits per heavy atom. The van der Waals surface area contributed by atoms with Crippen LogP contribution in [0.3, 0.4) is 0 Å². The first-order chi connectivity index (χ1) is 11.4. The van der Waals surface area contributed by atoms with E-state index in [1.165, 1.54) is 11.4 Å². The van der Waals surface area contributed by atoms with Gasteiger partial charge in [0, 0.05) is 24.3 Å². The van der Waals surface area contributed by atoms with Gasteiger partial charge < -0.3 is 10.6 Å². The predicted molar refractivity (Wildman–Crippen MR) is 97.1 cm³/mol. The van der Waals surface area contributed by atoms with Gasteiger partial charge in [0.25, 0.3) is 0 Å². The maximum absolute atomic E-state index is 12.2. The zero-order valence-electron chi connectivity index (χ0n) is 13.1. The van der Waals surface area contributed by atoms with Crippen LogP contribution in [0.15, 0.2) is 54.6 Å². The molecule has 0 aromatic heterocycles. The highest BCUT2D eigenvalue weighted by molar-refractivity contribution is 7.92. The molecule has 0 aliphatic carbocycles. The molecule has 0 saturated heterocycles. The molecule has 0 aliphatic rings. The van der Waals surface area contributed by atoms with Crippen LogP contribution < -0.4 is 14.9 Å². The fraction of sp³-hybridized carbons (Fsp3) is 0.188. The molecule has 2 aromatic rings. The van der Waals surface area contributed by atoms with Crippen LogP contribution in [-0.4, -0.2) is 33.8 Å². The largest absolute Gasteiger partial charge is 0.337 e. The lowest BCUT2D eigenvalue weighted by Gasteiger charge is -2.19. The van der Waals surface area contributed by atoms with E-state index in [0.717, 1.165) is 0 Å². The number of urea groups is 1.